The Bertz CT molecular complexity index is 1070. The second kappa shape index (κ2) is 7.24. The Balaban J connectivity index is 1.46. The third kappa shape index (κ3) is 3.45. The van der Waals surface area contributed by atoms with Gasteiger partial charge in [-0.3, -0.25) is 9.48 Å². The zero-order chi connectivity index (χ0) is 19.7. The fourth-order valence-corrected chi connectivity index (χ4v) is 4.55. The van der Waals surface area contributed by atoms with Gasteiger partial charge in [-0.25, -0.2) is 8.42 Å². The summed E-state index contributed by atoms with van der Waals surface area (Å²) in [6.07, 6.45) is 4.82. The lowest BCUT2D eigenvalue weighted by Crippen LogP contribution is -2.37. The first-order valence-electron chi connectivity index (χ1n) is 8.74. The molecule has 0 atom stereocenters. The maximum atomic E-state index is 12.8. The SMILES string of the molecule is Cn1cc(S(=O)(=O)N2CCCN(C(=O)c3cc(-c4ccco4)on3)CC2)cn1. The number of carbonyl (C=O) groups is 1. The van der Waals surface area contributed by atoms with E-state index in [0.717, 1.165) is 0 Å². The molecule has 1 aliphatic rings. The summed E-state index contributed by atoms with van der Waals surface area (Å²) in [6, 6.07) is 4.95. The van der Waals surface area contributed by atoms with Gasteiger partial charge in [-0.15, -0.1) is 0 Å². The average molecular weight is 405 g/mol. The maximum Gasteiger partial charge on any atom is 0.276 e. The molecule has 0 bridgehead atoms. The second-order valence-electron chi connectivity index (χ2n) is 6.45. The molecule has 0 unspecified atom stereocenters. The quantitative estimate of drug-likeness (QED) is 0.641. The van der Waals surface area contributed by atoms with Gasteiger partial charge in [-0.05, 0) is 18.6 Å². The third-order valence-electron chi connectivity index (χ3n) is 4.55. The molecule has 4 heterocycles. The van der Waals surface area contributed by atoms with Crippen LogP contribution in [0.2, 0.25) is 0 Å². The van der Waals surface area contributed by atoms with Crippen molar-refractivity contribution in [3.05, 3.63) is 42.5 Å². The van der Waals surface area contributed by atoms with E-state index in [9.17, 15) is 13.2 Å². The van der Waals surface area contributed by atoms with Gasteiger partial charge >= 0.3 is 0 Å². The zero-order valence-electron chi connectivity index (χ0n) is 15.2. The topological polar surface area (TPSA) is 115 Å². The summed E-state index contributed by atoms with van der Waals surface area (Å²) in [6.45, 7) is 1.23. The lowest BCUT2D eigenvalue weighted by Gasteiger charge is -2.20. The number of furan rings is 1. The van der Waals surface area contributed by atoms with E-state index in [0.29, 0.717) is 31.0 Å². The van der Waals surface area contributed by atoms with Gasteiger partial charge < -0.3 is 13.8 Å². The monoisotopic (exact) mass is 405 g/mol. The number of aromatic nitrogens is 3. The third-order valence-corrected chi connectivity index (χ3v) is 6.41. The van der Waals surface area contributed by atoms with Crippen molar-refractivity contribution in [3.63, 3.8) is 0 Å². The van der Waals surface area contributed by atoms with Crippen LogP contribution in [0.1, 0.15) is 16.9 Å². The number of hydrogen-bond acceptors (Lipinski definition) is 7. The highest BCUT2D eigenvalue weighted by Gasteiger charge is 2.30. The zero-order valence-corrected chi connectivity index (χ0v) is 16.0. The molecular weight excluding hydrogens is 386 g/mol. The van der Waals surface area contributed by atoms with E-state index in [2.05, 4.69) is 10.3 Å². The van der Waals surface area contributed by atoms with Crippen LogP contribution in [-0.2, 0) is 17.1 Å². The van der Waals surface area contributed by atoms with Crippen molar-refractivity contribution in [1.82, 2.24) is 24.1 Å². The van der Waals surface area contributed by atoms with Crippen molar-refractivity contribution in [2.24, 2.45) is 7.05 Å². The van der Waals surface area contributed by atoms with E-state index in [1.807, 2.05) is 0 Å². The Hall–Kier alpha value is -2.92. The smallest absolute Gasteiger partial charge is 0.276 e. The molecule has 1 saturated heterocycles. The number of aryl methyl sites for hydroxylation is 1. The largest absolute Gasteiger partial charge is 0.461 e. The van der Waals surface area contributed by atoms with E-state index < -0.39 is 10.0 Å². The Morgan fingerprint density at radius 3 is 2.75 bits per heavy atom. The van der Waals surface area contributed by atoms with E-state index in [1.165, 1.54) is 33.7 Å². The van der Waals surface area contributed by atoms with Gasteiger partial charge in [0.25, 0.3) is 5.91 Å². The molecule has 0 radical (unpaired) electrons. The number of sulfonamides is 1. The van der Waals surface area contributed by atoms with Gasteiger partial charge in [-0.2, -0.15) is 9.40 Å². The lowest BCUT2D eigenvalue weighted by atomic mass is 10.3. The standard InChI is InChI=1S/C17H19N5O5S/c1-20-12-13(11-18-20)28(24,25)22-6-3-5-21(7-8-22)17(23)14-10-16(27-19-14)15-4-2-9-26-15/h2,4,9-12H,3,5-8H2,1H3. The molecule has 28 heavy (non-hydrogen) atoms. The first-order valence-corrected chi connectivity index (χ1v) is 10.2. The van der Waals surface area contributed by atoms with E-state index in [-0.39, 0.29) is 29.6 Å². The molecule has 1 fully saturated rings. The summed E-state index contributed by atoms with van der Waals surface area (Å²) in [7, 11) is -1.97. The van der Waals surface area contributed by atoms with Gasteiger partial charge in [0.15, 0.2) is 11.5 Å². The molecular formula is C17H19N5O5S. The van der Waals surface area contributed by atoms with Crippen LogP contribution in [0, 0.1) is 0 Å². The number of carbonyl (C=O) groups excluding carboxylic acids is 1. The van der Waals surface area contributed by atoms with Crippen LogP contribution in [0.25, 0.3) is 11.5 Å². The summed E-state index contributed by atoms with van der Waals surface area (Å²) in [5.74, 6) is 0.544. The molecule has 0 saturated carbocycles. The van der Waals surface area contributed by atoms with Crippen LogP contribution in [-0.4, -0.2) is 64.6 Å². The Morgan fingerprint density at radius 2 is 2.04 bits per heavy atom. The predicted molar refractivity (Wildman–Crippen MR) is 96.7 cm³/mol. The van der Waals surface area contributed by atoms with Crippen molar-refractivity contribution in [2.45, 2.75) is 11.3 Å². The van der Waals surface area contributed by atoms with Crippen LogP contribution in [0.5, 0.6) is 0 Å². The van der Waals surface area contributed by atoms with Crippen LogP contribution < -0.4 is 0 Å². The molecule has 3 aromatic rings. The van der Waals surface area contributed by atoms with E-state index >= 15 is 0 Å². The lowest BCUT2D eigenvalue weighted by molar-refractivity contribution is 0.0754. The Kier molecular flexibility index (Phi) is 4.77. The number of rotatable bonds is 4. The van der Waals surface area contributed by atoms with Crippen LogP contribution in [0.15, 0.2) is 50.7 Å². The van der Waals surface area contributed by atoms with Gasteiger partial charge in [0.2, 0.25) is 15.8 Å². The van der Waals surface area contributed by atoms with Crippen LogP contribution in [0.4, 0.5) is 0 Å². The van der Waals surface area contributed by atoms with Gasteiger partial charge in [0.1, 0.15) is 4.90 Å². The maximum absolute atomic E-state index is 12.8. The van der Waals surface area contributed by atoms with Crippen molar-refractivity contribution in [3.8, 4) is 11.5 Å². The molecule has 3 aromatic heterocycles. The van der Waals surface area contributed by atoms with Gasteiger partial charge in [0, 0.05) is 45.5 Å². The highest BCUT2D eigenvalue weighted by atomic mass is 32.2. The molecule has 11 heteroatoms. The van der Waals surface area contributed by atoms with Crippen molar-refractivity contribution >= 4 is 15.9 Å². The molecule has 4 rings (SSSR count). The molecule has 148 valence electrons. The normalized spacial score (nSPS) is 16.2. The summed E-state index contributed by atoms with van der Waals surface area (Å²) < 4.78 is 38.8. The van der Waals surface area contributed by atoms with Gasteiger partial charge in [0.05, 0.1) is 12.5 Å². The Labute approximate surface area is 161 Å². The van der Waals surface area contributed by atoms with Crippen molar-refractivity contribution in [2.75, 3.05) is 26.2 Å². The molecule has 0 spiro atoms. The minimum absolute atomic E-state index is 0.148. The summed E-state index contributed by atoms with van der Waals surface area (Å²) in [5, 5.41) is 7.75. The fourth-order valence-electron chi connectivity index (χ4n) is 3.09. The van der Waals surface area contributed by atoms with Crippen LogP contribution >= 0.6 is 0 Å². The first-order chi connectivity index (χ1) is 13.4. The first kappa shape index (κ1) is 18.4. The second-order valence-corrected chi connectivity index (χ2v) is 8.39. The summed E-state index contributed by atoms with van der Waals surface area (Å²) in [4.78, 5) is 14.5. The number of hydrogen-bond donors (Lipinski definition) is 0. The van der Waals surface area contributed by atoms with E-state index in [4.69, 9.17) is 8.94 Å². The van der Waals surface area contributed by atoms with Crippen molar-refractivity contribution < 1.29 is 22.2 Å². The summed E-state index contributed by atoms with van der Waals surface area (Å²) >= 11 is 0. The van der Waals surface area contributed by atoms with Gasteiger partial charge in [-0.1, -0.05) is 5.16 Å². The molecule has 10 nitrogen and oxygen atoms in total. The molecule has 0 aromatic carbocycles. The molecule has 0 aliphatic carbocycles. The predicted octanol–water partition coefficient (Wildman–Crippen LogP) is 1.20. The minimum atomic E-state index is -3.64. The number of amides is 1. The average Bonchev–Trinajstić information content (AvgIpc) is 3.40. The minimum Gasteiger partial charge on any atom is -0.461 e. The molecule has 0 N–H and O–H groups in total. The highest BCUT2D eigenvalue weighted by molar-refractivity contribution is 7.89. The van der Waals surface area contributed by atoms with Crippen LogP contribution in [0.3, 0.4) is 0 Å². The molecule has 1 aliphatic heterocycles. The Morgan fingerprint density at radius 1 is 1.18 bits per heavy atom. The molecule has 1 amide bonds. The number of nitrogens with zero attached hydrogens (tertiary/aromatic N) is 5. The summed E-state index contributed by atoms with van der Waals surface area (Å²) in [5.41, 5.74) is 0.162. The highest BCUT2D eigenvalue weighted by Crippen LogP contribution is 2.22. The van der Waals surface area contributed by atoms with Crippen molar-refractivity contribution in [1.29, 1.82) is 0 Å². The fraction of sp³-hybridized carbons (Fsp3) is 0.353. The van der Waals surface area contributed by atoms with E-state index in [1.54, 1.807) is 24.1 Å².